The molecule has 1 aliphatic rings. The van der Waals surface area contributed by atoms with E-state index >= 15 is 0 Å². The van der Waals surface area contributed by atoms with Crippen LogP contribution in [0.25, 0.3) is 0 Å². The Morgan fingerprint density at radius 1 is 1.27 bits per heavy atom. The molecule has 1 aromatic carbocycles. The predicted octanol–water partition coefficient (Wildman–Crippen LogP) is 1.70. The second-order valence-electron chi connectivity index (χ2n) is 5.48. The van der Waals surface area contributed by atoms with Gasteiger partial charge in [-0.15, -0.1) is 0 Å². The minimum absolute atomic E-state index is 0.145. The number of nitrogens with one attached hydrogen (secondary N) is 1. The number of para-hydroxylation sites is 1. The number of ether oxygens (including phenoxy) is 1. The highest BCUT2D eigenvalue weighted by Gasteiger charge is 2.33. The van der Waals surface area contributed by atoms with Gasteiger partial charge in [0, 0.05) is 13.2 Å². The van der Waals surface area contributed by atoms with E-state index in [1.165, 1.54) is 17.1 Å². The van der Waals surface area contributed by atoms with Crippen LogP contribution in [0.4, 0.5) is 0 Å². The first-order valence-corrected chi connectivity index (χ1v) is 8.75. The Balaban J connectivity index is 1.71. The SMILES string of the molecule is Cn1cc(S(=O)(=O)N[C@H]2CCC[C@@H]2Oc2ccccc2)cn1. The second-order valence-corrected chi connectivity index (χ2v) is 7.19. The number of rotatable bonds is 5. The average molecular weight is 321 g/mol. The van der Waals surface area contributed by atoms with E-state index in [9.17, 15) is 8.42 Å². The minimum Gasteiger partial charge on any atom is -0.489 e. The number of benzene rings is 1. The first kappa shape index (κ1) is 15.1. The molecule has 118 valence electrons. The average Bonchev–Trinajstić information content (AvgIpc) is 3.10. The molecule has 0 bridgehead atoms. The largest absolute Gasteiger partial charge is 0.489 e. The van der Waals surface area contributed by atoms with Crippen LogP contribution in [-0.2, 0) is 17.1 Å². The lowest BCUT2D eigenvalue weighted by Crippen LogP contribution is -2.42. The summed E-state index contributed by atoms with van der Waals surface area (Å²) in [5, 5.41) is 3.91. The van der Waals surface area contributed by atoms with Gasteiger partial charge in [-0.1, -0.05) is 18.2 Å². The fourth-order valence-electron chi connectivity index (χ4n) is 2.68. The topological polar surface area (TPSA) is 73.2 Å². The Morgan fingerprint density at radius 3 is 2.73 bits per heavy atom. The summed E-state index contributed by atoms with van der Waals surface area (Å²) in [6.07, 6.45) is 5.26. The van der Waals surface area contributed by atoms with E-state index in [0.29, 0.717) is 0 Å². The Labute approximate surface area is 130 Å². The van der Waals surface area contributed by atoms with E-state index in [-0.39, 0.29) is 17.0 Å². The van der Waals surface area contributed by atoms with Gasteiger partial charge in [-0.3, -0.25) is 4.68 Å². The Morgan fingerprint density at radius 2 is 2.05 bits per heavy atom. The van der Waals surface area contributed by atoms with Crippen LogP contribution >= 0.6 is 0 Å². The van der Waals surface area contributed by atoms with E-state index in [0.717, 1.165) is 25.0 Å². The number of aryl methyl sites for hydroxylation is 1. The standard InChI is InChI=1S/C15H19N3O3S/c1-18-11-13(10-16-18)22(19,20)17-14-8-5-9-15(14)21-12-6-3-2-4-7-12/h2-4,6-7,10-11,14-15,17H,5,8-9H2,1H3/t14-,15-/m0/s1. The Bertz CT molecular complexity index is 728. The molecule has 7 heteroatoms. The summed E-state index contributed by atoms with van der Waals surface area (Å²) >= 11 is 0. The fourth-order valence-corrected chi connectivity index (χ4v) is 3.96. The van der Waals surface area contributed by atoms with Crippen molar-refractivity contribution in [1.29, 1.82) is 0 Å². The van der Waals surface area contributed by atoms with Gasteiger partial charge in [0.25, 0.3) is 0 Å². The number of sulfonamides is 1. The quantitative estimate of drug-likeness (QED) is 0.909. The van der Waals surface area contributed by atoms with E-state index in [1.54, 1.807) is 7.05 Å². The third-order valence-corrected chi connectivity index (χ3v) is 5.23. The van der Waals surface area contributed by atoms with Gasteiger partial charge in [0.2, 0.25) is 10.0 Å². The van der Waals surface area contributed by atoms with Crippen molar-refractivity contribution in [3.05, 3.63) is 42.7 Å². The smallest absolute Gasteiger partial charge is 0.244 e. The van der Waals surface area contributed by atoms with Gasteiger partial charge in [0.05, 0.1) is 12.2 Å². The molecule has 0 unspecified atom stereocenters. The van der Waals surface area contributed by atoms with Crippen molar-refractivity contribution < 1.29 is 13.2 Å². The van der Waals surface area contributed by atoms with Crippen molar-refractivity contribution >= 4 is 10.0 Å². The summed E-state index contributed by atoms with van der Waals surface area (Å²) < 4.78 is 34.9. The monoisotopic (exact) mass is 321 g/mol. The van der Waals surface area contributed by atoms with E-state index in [1.807, 2.05) is 30.3 Å². The molecular weight excluding hydrogens is 302 g/mol. The maximum atomic E-state index is 12.4. The molecule has 0 aliphatic heterocycles. The molecule has 0 amide bonds. The molecule has 22 heavy (non-hydrogen) atoms. The molecular formula is C15H19N3O3S. The van der Waals surface area contributed by atoms with Crippen LogP contribution in [0, 0.1) is 0 Å². The van der Waals surface area contributed by atoms with Crippen LogP contribution in [0.3, 0.4) is 0 Å². The fraction of sp³-hybridized carbons (Fsp3) is 0.400. The molecule has 2 aromatic rings. The van der Waals surface area contributed by atoms with Gasteiger partial charge in [-0.25, -0.2) is 13.1 Å². The van der Waals surface area contributed by atoms with Crippen molar-refractivity contribution in [2.75, 3.05) is 0 Å². The highest BCUT2D eigenvalue weighted by Crippen LogP contribution is 2.26. The normalized spacial score (nSPS) is 21.9. The van der Waals surface area contributed by atoms with Crippen LogP contribution in [0.2, 0.25) is 0 Å². The maximum absolute atomic E-state index is 12.4. The van der Waals surface area contributed by atoms with Crippen LogP contribution in [0.1, 0.15) is 19.3 Å². The van der Waals surface area contributed by atoms with E-state index in [4.69, 9.17) is 4.74 Å². The molecule has 1 aliphatic carbocycles. The molecule has 1 aromatic heterocycles. The first-order valence-electron chi connectivity index (χ1n) is 7.27. The van der Waals surface area contributed by atoms with Crippen molar-refractivity contribution in [2.24, 2.45) is 7.05 Å². The van der Waals surface area contributed by atoms with Gasteiger partial charge in [-0.2, -0.15) is 5.10 Å². The molecule has 1 N–H and O–H groups in total. The van der Waals surface area contributed by atoms with Crippen molar-refractivity contribution in [1.82, 2.24) is 14.5 Å². The van der Waals surface area contributed by atoms with Crippen LogP contribution in [0.5, 0.6) is 5.75 Å². The summed E-state index contributed by atoms with van der Waals surface area (Å²) in [4.78, 5) is 0.181. The molecule has 1 heterocycles. The van der Waals surface area contributed by atoms with Gasteiger partial charge in [0.1, 0.15) is 16.7 Å². The third kappa shape index (κ3) is 3.31. The molecule has 6 nitrogen and oxygen atoms in total. The minimum atomic E-state index is -3.56. The molecule has 0 spiro atoms. The molecule has 3 rings (SSSR count). The molecule has 1 saturated carbocycles. The summed E-state index contributed by atoms with van der Waals surface area (Å²) in [6, 6.07) is 9.27. The molecule has 0 radical (unpaired) electrons. The Hall–Kier alpha value is -1.86. The summed E-state index contributed by atoms with van der Waals surface area (Å²) in [6.45, 7) is 0. The van der Waals surface area contributed by atoms with E-state index < -0.39 is 10.0 Å². The predicted molar refractivity (Wildman–Crippen MR) is 82.0 cm³/mol. The number of aromatic nitrogens is 2. The van der Waals surface area contributed by atoms with Crippen LogP contribution < -0.4 is 9.46 Å². The van der Waals surface area contributed by atoms with Crippen molar-refractivity contribution in [3.8, 4) is 5.75 Å². The second kappa shape index (κ2) is 6.10. The van der Waals surface area contributed by atoms with Crippen molar-refractivity contribution in [2.45, 2.75) is 36.3 Å². The third-order valence-electron chi connectivity index (χ3n) is 3.78. The van der Waals surface area contributed by atoms with Gasteiger partial charge >= 0.3 is 0 Å². The number of nitrogens with zero attached hydrogens (tertiary/aromatic N) is 2. The molecule has 1 fully saturated rings. The van der Waals surface area contributed by atoms with E-state index in [2.05, 4.69) is 9.82 Å². The molecule has 2 atom stereocenters. The highest BCUT2D eigenvalue weighted by molar-refractivity contribution is 7.89. The lowest BCUT2D eigenvalue weighted by Gasteiger charge is -2.22. The zero-order valence-electron chi connectivity index (χ0n) is 12.3. The zero-order chi connectivity index (χ0) is 15.6. The van der Waals surface area contributed by atoms with Crippen LogP contribution in [-0.4, -0.2) is 30.3 Å². The number of hydrogen-bond donors (Lipinski definition) is 1. The van der Waals surface area contributed by atoms with Gasteiger partial charge < -0.3 is 4.74 Å². The molecule has 0 saturated heterocycles. The number of hydrogen-bond acceptors (Lipinski definition) is 4. The zero-order valence-corrected chi connectivity index (χ0v) is 13.2. The van der Waals surface area contributed by atoms with Crippen molar-refractivity contribution in [3.63, 3.8) is 0 Å². The summed E-state index contributed by atoms with van der Waals surface area (Å²) in [5.41, 5.74) is 0. The summed E-state index contributed by atoms with van der Waals surface area (Å²) in [5.74, 6) is 0.764. The lowest BCUT2D eigenvalue weighted by atomic mass is 10.2. The summed E-state index contributed by atoms with van der Waals surface area (Å²) in [7, 11) is -1.87. The highest BCUT2D eigenvalue weighted by atomic mass is 32.2. The van der Waals surface area contributed by atoms with Gasteiger partial charge in [0.15, 0.2) is 0 Å². The lowest BCUT2D eigenvalue weighted by molar-refractivity contribution is 0.185. The van der Waals surface area contributed by atoms with Gasteiger partial charge in [-0.05, 0) is 31.4 Å². The first-order chi connectivity index (χ1) is 10.5. The Kier molecular flexibility index (Phi) is 4.17. The maximum Gasteiger partial charge on any atom is 0.244 e. The van der Waals surface area contributed by atoms with Crippen LogP contribution in [0.15, 0.2) is 47.6 Å².